The fourth-order valence-electron chi connectivity index (χ4n) is 1.49. The number of ether oxygens (including phenoxy) is 2. The van der Waals surface area contributed by atoms with Crippen molar-refractivity contribution >= 4 is 20.3 Å². The van der Waals surface area contributed by atoms with E-state index in [2.05, 4.69) is 24.6 Å². The summed E-state index contributed by atoms with van der Waals surface area (Å²) in [6.45, 7) is 9.60. The number of hydrogen-bond donors (Lipinski definition) is 0. The zero-order valence-corrected chi connectivity index (χ0v) is 13.5. The van der Waals surface area contributed by atoms with Crippen molar-refractivity contribution in [3.63, 3.8) is 0 Å². The van der Waals surface area contributed by atoms with Crippen LogP contribution in [-0.2, 0) is 16.2 Å². The van der Waals surface area contributed by atoms with Gasteiger partial charge in [0, 0.05) is 20.9 Å². The van der Waals surface area contributed by atoms with Crippen molar-refractivity contribution in [3.8, 4) is 0 Å². The summed E-state index contributed by atoms with van der Waals surface area (Å²) in [4.78, 5) is 26.4. The minimum atomic E-state index is -1.14. The summed E-state index contributed by atoms with van der Waals surface area (Å²) in [7, 11) is -1.14. The highest BCUT2D eigenvalue weighted by Crippen LogP contribution is 2.09. The Morgan fingerprint density at radius 2 is 2.15 bits per heavy atom. The average molecular weight is 298 g/mol. The average Bonchev–Trinajstić information content (AvgIpc) is 2.77. The molecule has 1 rings (SSSR count). The molecular weight excluding hydrogens is 276 g/mol. The first-order valence-corrected chi connectivity index (χ1v) is 10.4. The Morgan fingerprint density at radius 3 is 2.70 bits per heavy atom. The molecule has 0 aliphatic carbocycles. The zero-order valence-electron chi connectivity index (χ0n) is 12.5. The third-order valence-electron chi connectivity index (χ3n) is 2.60. The molecule has 0 saturated heterocycles. The normalized spacial score (nSPS) is 11.4. The molecule has 20 heavy (non-hydrogen) atoms. The van der Waals surface area contributed by atoms with Crippen LogP contribution in [0.25, 0.3) is 0 Å². The quantitative estimate of drug-likeness (QED) is 0.318. The third kappa shape index (κ3) is 5.26. The lowest BCUT2D eigenvalue weighted by Crippen LogP contribution is -2.22. The lowest BCUT2D eigenvalue weighted by molar-refractivity contribution is 0.0464. The van der Waals surface area contributed by atoms with Crippen LogP contribution in [-0.4, -0.2) is 43.1 Å². The largest absolute Gasteiger partial charge is 0.460 e. The number of carbonyl (C=O) groups excluding carboxylic acids is 2. The molecule has 0 aliphatic rings. The summed E-state index contributed by atoms with van der Waals surface area (Å²) in [5, 5.41) is 0. The maximum absolute atomic E-state index is 11.7. The standard InChI is InChI=1S/C13H22N2O4Si/c1-5-19-13(17)12-14-11(9-16)8-15(12)10-18-6-7-20(2,3)4/h8-9H,5-7,10H2,1-4H3. The summed E-state index contributed by atoms with van der Waals surface area (Å²) < 4.78 is 12.0. The van der Waals surface area contributed by atoms with Crippen LogP contribution in [0.4, 0.5) is 0 Å². The molecule has 1 heterocycles. The van der Waals surface area contributed by atoms with Gasteiger partial charge in [-0.1, -0.05) is 19.6 Å². The number of aldehydes is 1. The van der Waals surface area contributed by atoms with Gasteiger partial charge in [-0.2, -0.15) is 0 Å². The van der Waals surface area contributed by atoms with Crippen molar-refractivity contribution < 1.29 is 19.1 Å². The maximum Gasteiger partial charge on any atom is 0.374 e. The monoisotopic (exact) mass is 298 g/mol. The predicted molar refractivity (Wildman–Crippen MR) is 77.7 cm³/mol. The predicted octanol–water partition coefficient (Wildman–Crippen LogP) is 2.18. The van der Waals surface area contributed by atoms with Crippen LogP contribution in [0, 0.1) is 0 Å². The van der Waals surface area contributed by atoms with Gasteiger partial charge in [0.15, 0.2) is 6.29 Å². The van der Waals surface area contributed by atoms with Crippen LogP contribution in [0.3, 0.4) is 0 Å². The summed E-state index contributed by atoms with van der Waals surface area (Å²) in [5.74, 6) is -0.448. The molecule has 0 aromatic carbocycles. The van der Waals surface area contributed by atoms with Crippen molar-refractivity contribution in [1.29, 1.82) is 0 Å². The molecular formula is C13H22N2O4Si. The zero-order chi connectivity index (χ0) is 15.2. The van der Waals surface area contributed by atoms with Gasteiger partial charge >= 0.3 is 5.97 Å². The highest BCUT2D eigenvalue weighted by molar-refractivity contribution is 6.76. The van der Waals surface area contributed by atoms with Gasteiger partial charge in [-0.25, -0.2) is 9.78 Å². The number of nitrogens with zero attached hydrogens (tertiary/aromatic N) is 2. The molecule has 0 bridgehead atoms. The molecule has 7 heteroatoms. The van der Waals surface area contributed by atoms with E-state index < -0.39 is 14.0 Å². The van der Waals surface area contributed by atoms with Crippen LogP contribution < -0.4 is 0 Å². The molecule has 0 spiro atoms. The van der Waals surface area contributed by atoms with Gasteiger partial charge in [0.25, 0.3) is 0 Å². The minimum absolute atomic E-state index is 0.0990. The number of hydrogen-bond acceptors (Lipinski definition) is 5. The fourth-order valence-corrected chi connectivity index (χ4v) is 2.25. The van der Waals surface area contributed by atoms with Crippen LogP contribution in [0.2, 0.25) is 25.7 Å². The van der Waals surface area contributed by atoms with Crippen LogP contribution in [0.15, 0.2) is 6.20 Å². The maximum atomic E-state index is 11.7. The number of rotatable bonds is 8. The van der Waals surface area contributed by atoms with Gasteiger partial charge in [-0.05, 0) is 13.0 Å². The molecule has 0 atom stereocenters. The van der Waals surface area contributed by atoms with E-state index in [0.29, 0.717) is 12.9 Å². The molecule has 112 valence electrons. The molecule has 1 aromatic rings. The van der Waals surface area contributed by atoms with E-state index in [-0.39, 0.29) is 24.9 Å². The first-order chi connectivity index (χ1) is 9.37. The lowest BCUT2D eigenvalue weighted by Gasteiger charge is -2.15. The van der Waals surface area contributed by atoms with Crippen molar-refractivity contribution in [2.24, 2.45) is 0 Å². The Balaban J connectivity index is 2.66. The molecule has 0 saturated carbocycles. The molecule has 0 N–H and O–H groups in total. The van der Waals surface area contributed by atoms with E-state index in [9.17, 15) is 9.59 Å². The van der Waals surface area contributed by atoms with Crippen LogP contribution in [0.1, 0.15) is 28.0 Å². The van der Waals surface area contributed by atoms with Crippen molar-refractivity contribution in [3.05, 3.63) is 17.7 Å². The number of carbonyl (C=O) groups is 2. The van der Waals surface area contributed by atoms with Gasteiger partial charge in [-0.3, -0.25) is 4.79 Å². The summed E-state index contributed by atoms with van der Waals surface area (Å²) >= 11 is 0. The highest BCUT2D eigenvalue weighted by atomic mass is 28.3. The first-order valence-electron chi connectivity index (χ1n) is 6.64. The summed E-state index contributed by atoms with van der Waals surface area (Å²) in [6.07, 6.45) is 2.09. The third-order valence-corrected chi connectivity index (χ3v) is 4.30. The molecule has 0 amide bonds. The van der Waals surface area contributed by atoms with E-state index in [0.717, 1.165) is 6.04 Å². The van der Waals surface area contributed by atoms with Crippen molar-refractivity contribution in [1.82, 2.24) is 9.55 Å². The Labute approximate surface area is 120 Å². The van der Waals surface area contributed by atoms with E-state index in [1.807, 2.05) is 0 Å². The van der Waals surface area contributed by atoms with Gasteiger partial charge in [-0.15, -0.1) is 0 Å². The Kier molecular flexibility index (Phi) is 6.09. The molecule has 6 nitrogen and oxygen atoms in total. The fraction of sp³-hybridized carbons (Fsp3) is 0.615. The minimum Gasteiger partial charge on any atom is -0.460 e. The topological polar surface area (TPSA) is 70.4 Å². The van der Waals surface area contributed by atoms with Crippen molar-refractivity contribution in [2.75, 3.05) is 13.2 Å². The second-order valence-corrected chi connectivity index (χ2v) is 11.3. The number of imidazole rings is 1. The number of aromatic nitrogens is 2. The Morgan fingerprint density at radius 1 is 1.45 bits per heavy atom. The highest BCUT2D eigenvalue weighted by Gasteiger charge is 2.17. The number of esters is 1. The van der Waals surface area contributed by atoms with Crippen LogP contribution in [0.5, 0.6) is 0 Å². The lowest BCUT2D eigenvalue weighted by atomic mass is 10.5. The molecule has 1 aromatic heterocycles. The summed E-state index contributed by atoms with van der Waals surface area (Å²) in [5.41, 5.74) is 0.196. The van der Waals surface area contributed by atoms with E-state index in [1.54, 1.807) is 6.92 Å². The van der Waals surface area contributed by atoms with Crippen molar-refractivity contribution in [2.45, 2.75) is 39.3 Å². The second kappa shape index (κ2) is 7.35. The van der Waals surface area contributed by atoms with Crippen LogP contribution >= 0.6 is 0 Å². The Hall–Kier alpha value is -1.47. The van der Waals surface area contributed by atoms with Gasteiger partial charge in [0.1, 0.15) is 12.4 Å². The van der Waals surface area contributed by atoms with E-state index in [4.69, 9.17) is 9.47 Å². The molecule has 0 fully saturated rings. The van der Waals surface area contributed by atoms with Gasteiger partial charge in [0.05, 0.1) is 6.61 Å². The SMILES string of the molecule is CCOC(=O)c1nc(C=O)cn1COCC[Si](C)(C)C. The van der Waals surface area contributed by atoms with Gasteiger partial charge in [0.2, 0.25) is 5.82 Å². The van der Waals surface area contributed by atoms with E-state index in [1.165, 1.54) is 10.8 Å². The Bertz CT molecular complexity index is 465. The smallest absolute Gasteiger partial charge is 0.374 e. The summed E-state index contributed by atoms with van der Waals surface area (Å²) in [6, 6.07) is 1.04. The molecule has 0 aliphatic heterocycles. The molecule has 0 radical (unpaired) electrons. The molecule has 0 unspecified atom stereocenters. The first kappa shape index (κ1) is 16.6. The van der Waals surface area contributed by atoms with Gasteiger partial charge < -0.3 is 14.0 Å². The second-order valence-electron chi connectivity index (χ2n) is 5.65. The van der Waals surface area contributed by atoms with E-state index >= 15 is 0 Å².